The van der Waals surface area contributed by atoms with Gasteiger partial charge in [-0.3, -0.25) is 4.57 Å². The normalized spacial score (nSPS) is 13.3. The molecule has 6 aromatic carbocycles. The van der Waals surface area contributed by atoms with Gasteiger partial charge in [0.05, 0.1) is 16.6 Å². The summed E-state index contributed by atoms with van der Waals surface area (Å²) in [4.78, 5) is 15.5. The topological polar surface area (TPSA) is 48.5 Å². The molecular weight excluding hydrogens is 599 g/mol. The number of hydrogen-bond donors (Lipinski definition) is 0. The van der Waals surface area contributed by atoms with E-state index in [2.05, 4.69) is 156 Å². The Morgan fingerprint density at radius 2 is 0.959 bits per heavy atom. The van der Waals surface area contributed by atoms with E-state index < -0.39 is 0 Å². The molecule has 5 heteroatoms. The lowest BCUT2D eigenvalue weighted by atomic mass is 9.85. The van der Waals surface area contributed by atoms with Gasteiger partial charge in [0.15, 0.2) is 11.6 Å². The van der Waals surface area contributed by atoms with Crippen molar-refractivity contribution < 1.29 is 0 Å². The highest BCUT2D eigenvalue weighted by atomic mass is 15.2. The second kappa shape index (κ2) is 10.3. The standard InChI is InChI=1S/C44H31N5/c1-44(2)35-20-10-6-18-33(35)39-34-19-9-13-23-38(34)49(40(39)44)43-46-41(28-14-4-3-5-15-28)45-42(47-43)29-24-26-30(27-25-29)48-36-21-11-7-16-31(36)32-17-8-12-22-37(32)48/h3-27H,1-2H3. The number of hydrogen-bond acceptors (Lipinski definition) is 3. The second-order valence-corrected chi connectivity index (χ2v) is 13.3. The zero-order valence-electron chi connectivity index (χ0n) is 27.2. The molecular formula is C44H31N5. The van der Waals surface area contributed by atoms with Crippen LogP contribution < -0.4 is 0 Å². The molecule has 49 heavy (non-hydrogen) atoms. The van der Waals surface area contributed by atoms with Crippen LogP contribution >= 0.6 is 0 Å². The van der Waals surface area contributed by atoms with Crippen LogP contribution in [0.4, 0.5) is 0 Å². The van der Waals surface area contributed by atoms with E-state index in [0.717, 1.165) is 22.3 Å². The quantitative estimate of drug-likeness (QED) is 0.195. The zero-order chi connectivity index (χ0) is 32.7. The van der Waals surface area contributed by atoms with E-state index in [9.17, 15) is 0 Å². The fraction of sp³-hybridized carbons (Fsp3) is 0.0682. The van der Waals surface area contributed by atoms with Gasteiger partial charge in [0.1, 0.15) is 0 Å². The van der Waals surface area contributed by atoms with Crippen molar-refractivity contribution in [2.45, 2.75) is 19.3 Å². The molecule has 0 amide bonds. The van der Waals surface area contributed by atoms with E-state index in [1.54, 1.807) is 0 Å². The molecule has 0 atom stereocenters. The predicted octanol–water partition coefficient (Wildman–Crippen LogP) is 10.6. The molecule has 0 unspecified atom stereocenters. The highest BCUT2D eigenvalue weighted by Crippen LogP contribution is 2.53. The van der Waals surface area contributed by atoms with Gasteiger partial charge >= 0.3 is 0 Å². The first-order valence-corrected chi connectivity index (χ1v) is 16.7. The van der Waals surface area contributed by atoms with E-state index in [-0.39, 0.29) is 5.41 Å². The number of benzene rings is 6. The summed E-state index contributed by atoms with van der Waals surface area (Å²) in [6.45, 7) is 4.61. The van der Waals surface area contributed by atoms with E-state index in [1.807, 2.05) is 18.2 Å². The maximum absolute atomic E-state index is 5.25. The first-order valence-electron chi connectivity index (χ1n) is 16.7. The fourth-order valence-corrected chi connectivity index (χ4v) is 7.96. The smallest absolute Gasteiger partial charge is 0.238 e. The molecule has 1 aliphatic rings. The Hall–Kier alpha value is -6.33. The first kappa shape index (κ1) is 27.8. The van der Waals surface area contributed by atoms with Crippen LogP contribution in [-0.2, 0) is 5.41 Å². The van der Waals surface area contributed by atoms with Crippen LogP contribution in [0.3, 0.4) is 0 Å². The molecule has 5 nitrogen and oxygen atoms in total. The summed E-state index contributed by atoms with van der Waals surface area (Å²) in [6, 6.07) is 53.4. The van der Waals surface area contributed by atoms with Gasteiger partial charge in [0, 0.05) is 49.6 Å². The van der Waals surface area contributed by atoms with Crippen LogP contribution in [0, 0.1) is 0 Å². The van der Waals surface area contributed by atoms with Gasteiger partial charge in [-0.15, -0.1) is 0 Å². The molecule has 0 saturated carbocycles. The SMILES string of the molecule is CC1(C)c2ccccc2-c2c1n(-c1nc(-c3ccccc3)nc(-c3ccc(-n4c5ccccc5c5ccccc54)cc3)n1)c1ccccc21. The fourth-order valence-electron chi connectivity index (χ4n) is 7.96. The number of aromatic nitrogens is 5. The van der Waals surface area contributed by atoms with Crippen LogP contribution in [0.25, 0.3) is 78.2 Å². The van der Waals surface area contributed by atoms with Crippen LogP contribution in [0.1, 0.15) is 25.1 Å². The number of rotatable bonds is 4. The minimum atomic E-state index is -0.255. The third kappa shape index (κ3) is 4.02. The lowest BCUT2D eigenvalue weighted by Gasteiger charge is -2.24. The Labute approximate surface area is 283 Å². The van der Waals surface area contributed by atoms with Gasteiger partial charge in [-0.2, -0.15) is 9.97 Å². The lowest BCUT2D eigenvalue weighted by molar-refractivity contribution is 0.617. The van der Waals surface area contributed by atoms with Crippen molar-refractivity contribution in [3.63, 3.8) is 0 Å². The van der Waals surface area contributed by atoms with Gasteiger partial charge in [-0.25, -0.2) is 4.98 Å². The Morgan fingerprint density at radius 1 is 0.449 bits per heavy atom. The summed E-state index contributed by atoms with van der Waals surface area (Å²) in [5, 5.41) is 3.69. The summed E-state index contributed by atoms with van der Waals surface area (Å²) in [5.74, 6) is 1.90. The van der Waals surface area contributed by atoms with Crippen molar-refractivity contribution in [2.75, 3.05) is 0 Å². The maximum atomic E-state index is 5.25. The molecule has 3 aromatic heterocycles. The van der Waals surface area contributed by atoms with Crippen molar-refractivity contribution >= 4 is 32.7 Å². The minimum Gasteiger partial charge on any atom is -0.309 e. The first-order chi connectivity index (χ1) is 24.1. The van der Waals surface area contributed by atoms with Gasteiger partial charge in [-0.05, 0) is 53.6 Å². The summed E-state index contributed by atoms with van der Waals surface area (Å²) in [5.41, 5.74) is 11.2. The predicted molar refractivity (Wildman–Crippen MR) is 199 cm³/mol. The summed E-state index contributed by atoms with van der Waals surface area (Å²) < 4.78 is 4.60. The molecule has 10 rings (SSSR count). The van der Waals surface area contributed by atoms with Crippen LogP contribution in [0.5, 0.6) is 0 Å². The Balaban J connectivity index is 1.19. The molecule has 0 radical (unpaired) electrons. The van der Waals surface area contributed by atoms with Gasteiger partial charge in [0.2, 0.25) is 5.95 Å². The summed E-state index contributed by atoms with van der Waals surface area (Å²) in [6.07, 6.45) is 0. The average molecular weight is 630 g/mol. The highest BCUT2D eigenvalue weighted by molar-refractivity contribution is 6.09. The van der Waals surface area contributed by atoms with Gasteiger partial charge < -0.3 is 4.57 Å². The molecule has 0 spiro atoms. The molecule has 0 saturated heterocycles. The molecule has 0 N–H and O–H groups in total. The third-order valence-electron chi connectivity index (χ3n) is 10.2. The van der Waals surface area contributed by atoms with E-state index in [1.165, 1.54) is 49.6 Å². The average Bonchev–Trinajstić information content (AvgIpc) is 3.77. The molecule has 0 fully saturated rings. The molecule has 1 aliphatic carbocycles. The largest absolute Gasteiger partial charge is 0.309 e. The Kier molecular flexibility index (Phi) is 5.85. The molecule has 9 aromatic rings. The van der Waals surface area contributed by atoms with Crippen LogP contribution in [0.2, 0.25) is 0 Å². The van der Waals surface area contributed by atoms with Gasteiger partial charge in [-0.1, -0.05) is 123 Å². The molecule has 3 heterocycles. The number of para-hydroxylation sites is 3. The summed E-state index contributed by atoms with van der Waals surface area (Å²) in [7, 11) is 0. The number of fused-ring (bicyclic) bond motifs is 8. The van der Waals surface area contributed by atoms with E-state index in [0.29, 0.717) is 17.6 Å². The third-order valence-corrected chi connectivity index (χ3v) is 10.2. The highest BCUT2D eigenvalue weighted by Gasteiger charge is 2.41. The monoisotopic (exact) mass is 629 g/mol. The molecule has 232 valence electrons. The van der Waals surface area contributed by atoms with E-state index in [4.69, 9.17) is 15.0 Å². The molecule has 0 bridgehead atoms. The summed E-state index contributed by atoms with van der Waals surface area (Å²) >= 11 is 0. The van der Waals surface area contributed by atoms with Crippen molar-refractivity contribution in [1.29, 1.82) is 0 Å². The van der Waals surface area contributed by atoms with Crippen LogP contribution in [0.15, 0.2) is 152 Å². The van der Waals surface area contributed by atoms with Gasteiger partial charge in [0.25, 0.3) is 0 Å². The van der Waals surface area contributed by atoms with Crippen molar-refractivity contribution in [3.05, 3.63) is 163 Å². The number of nitrogens with zero attached hydrogens (tertiary/aromatic N) is 5. The van der Waals surface area contributed by atoms with Crippen molar-refractivity contribution in [1.82, 2.24) is 24.1 Å². The second-order valence-electron chi connectivity index (χ2n) is 13.3. The van der Waals surface area contributed by atoms with Crippen molar-refractivity contribution in [2.24, 2.45) is 0 Å². The zero-order valence-corrected chi connectivity index (χ0v) is 27.2. The van der Waals surface area contributed by atoms with E-state index >= 15 is 0 Å². The molecule has 0 aliphatic heterocycles. The van der Waals surface area contributed by atoms with Crippen LogP contribution in [-0.4, -0.2) is 24.1 Å². The van der Waals surface area contributed by atoms with Crippen molar-refractivity contribution in [3.8, 4) is 45.5 Å². The minimum absolute atomic E-state index is 0.255. The Bertz CT molecular complexity index is 2680. The maximum Gasteiger partial charge on any atom is 0.238 e. The lowest BCUT2D eigenvalue weighted by Crippen LogP contribution is -2.21. The Morgan fingerprint density at radius 3 is 1.61 bits per heavy atom.